The molecule has 0 radical (unpaired) electrons. The molecular formula is C35H50F2N6O5. The average molecular weight is 673 g/mol. The van der Waals surface area contributed by atoms with Crippen molar-refractivity contribution >= 4 is 29.5 Å². The van der Waals surface area contributed by atoms with Crippen LogP contribution in [0.25, 0.3) is 0 Å². The van der Waals surface area contributed by atoms with E-state index in [1.807, 2.05) is 34.6 Å². The zero-order valence-electron chi connectivity index (χ0n) is 28.4. The highest BCUT2D eigenvalue weighted by Crippen LogP contribution is 2.12. The SMILES string of the molecule is CCC[C@H](NC(=O)[C@H](Cc1ccc(F)cc1)NC(=O)[C@H](Cc1ccc(F)cc1)NC(=O)[C@@H](N)CC(C)C)C(=O)N[C@@H](CC(C)C)C(N)=O. The van der Waals surface area contributed by atoms with Crippen molar-refractivity contribution in [2.24, 2.45) is 23.3 Å². The van der Waals surface area contributed by atoms with Crippen LogP contribution >= 0.6 is 0 Å². The Morgan fingerprint density at radius 3 is 1.38 bits per heavy atom. The van der Waals surface area contributed by atoms with Gasteiger partial charge in [0.15, 0.2) is 0 Å². The van der Waals surface area contributed by atoms with E-state index in [9.17, 15) is 32.8 Å². The van der Waals surface area contributed by atoms with Crippen LogP contribution in [-0.2, 0) is 36.8 Å². The average Bonchev–Trinajstić information content (AvgIpc) is 3.01. The summed E-state index contributed by atoms with van der Waals surface area (Å²) in [6.45, 7) is 9.37. The monoisotopic (exact) mass is 672 g/mol. The van der Waals surface area contributed by atoms with Gasteiger partial charge in [0.2, 0.25) is 29.5 Å². The van der Waals surface area contributed by atoms with Crippen LogP contribution in [-0.4, -0.2) is 59.7 Å². The predicted octanol–water partition coefficient (Wildman–Crippen LogP) is 2.39. The fourth-order valence-electron chi connectivity index (χ4n) is 5.12. The van der Waals surface area contributed by atoms with Crippen LogP contribution in [0, 0.1) is 23.5 Å². The molecule has 2 aromatic rings. The molecule has 0 aliphatic carbocycles. The van der Waals surface area contributed by atoms with E-state index >= 15 is 0 Å². The lowest BCUT2D eigenvalue weighted by atomic mass is 10.00. The molecule has 0 heterocycles. The summed E-state index contributed by atoms with van der Waals surface area (Å²) in [6, 6.07) is 5.38. The first-order valence-corrected chi connectivity index (χ1v) is 16.3. The van der Waals surface area contributed by atoms with E-state index < -0.39 is 71.4 Å². The van der Waals surface area contributed by atoms with Crippen molar-refractivity contribution in [3.63, 3.8) is 0 Å². The summed E-state index contributed by atoms with van der Waals surface area (Å²) >= 11 is 0. The van der Waals surface area contributed by atoms with E-state index in [-0.39, 0.29) is 31.1 Å². The van der Waals surface area contributed by atoms with Gasteiger partial charge in [0.05, 0.1) is 6.04 Å². The Morgan fingerprint density at radius 1 is 0.604 bits per heavy atom. The minimum atomic E-state index is -1.27. The quantitative estimate of drug-likeness (QED) is 0.133. The van der Waals surface area contributed by atoms with Gasteiger partial charge in [-0.3, -0.25) is 24.0 Å². The lowest BCUT2D eigenvalue weighted by molar-refractivity contribution is -0.134. The number of carbonyl (C=O) groups excluding carboxylic acids is 5. The molecule has 13 heteroatoms. The first-order chi connectivity index (χ1) is 22.6. The number of benzene rings is 2. The molecule has 0 bridgehead atoms. The number of nitrogens with one attached hydrogen (secondary N) is 4. The van der Waals surface area contributed by atoms with Crippen LogP contribution in [0.5, 0.6) is 0 Å². The van der Waals surface area contributed by atoms with Gasteiger partial charge in [0.25, 0.3) is 0 Å². The Balaban J connectivity index is 2.38. The molecule has 0 aromatic heterocycles. The summed E-state index contributed by atoms with van der Waals surface area (Å²) in [6.07, 6.45) is 1.27. The summed E-state index contributed by atoms with van der Waals surface area (Å²) in [4.78, 5) is 65.9. The zero-order valence-corrected chi connectivity index (χ0v) is 28.4. The van der Waals surface area contributed by atoms with Crippen molar-refractivity contribution in [3.8, 4) is 0 Å². The van der Waals surface area contributed by atoms with Crippen LogP contribution in [0.15, 0.2) is 48.5 Å². The van der Waals surface area contributed by atoms with Crippen LogP contribution in [0.3, 0.4) is 0 Å². The lowest BCUT2D eigenvalue weighted by Gasteiger charge is -2.27. The molecule has 0 aliphatic rings. The highest BCUT2D eigenvalue weighted by molar-refractivity contribution is 5.96. The number of hydrogen-bond acceptors (Lipinski definition) is 6. The maximum atomic E-state index is 13.8. The Labute approximate surface area is 281 Å². The lowest BCUT2D eigenvalue weighted by Crippen LogP contribution is -2.59. The van der Waals surface area contributed by atoms with E-state index in [0.717, 1.165) is 0 Å². The summed E-state index contributed by atoms with van der Waals surface area (Å²) in [7, 11) is 0. The smallest absolute Gasteiger partial charge is 0.243 e. The Bertz CT molecular complexity index is 1370. The molecule has 11 nitrogen and oxygen atoms in total. The van der Waals surface area contributed by atoms with Gasteiger partial charge in [-0.25, -0.2) is 8.78 Å². The Kier molecular flexibility index (Phi) is 16.1. The highest BCUT2D eigenvalue weighted by Gasteiger charge is 2.32. The van der Waals surface area contributed by atoms with Gasteiger partial charge in [-0.05, 0) is 66.5 Å². The molecule has 0 aliphatic heterocycles. The summed E-state index contributed by atoms with van der Waals surface area (Å²) < 4.78 is 27.3. The molecule has 0 spiro atoms. The molecule has 2 rings (SSSR count). The largest absolute Gasteiger partial charge is 0.368 e. The minimum absolute atomic E-state index is 0.0393. The first-order valence-electron chi connectivity index (χ1n) is 16.3. The van der Waals surface area contributed by atoms with Crippen molar-refractivity contribution in [1.29, 1.82) is 0 Å². The number of amides is 5. The van der Waals surface area contributed by atoms with Crippen molar-refractivity contribution in [3.05, 3.63) is 71.3 Å². The number of primary amides is 1. The third kappa shape index (κ3) is 13.8. The molecule has 8 N–H and O–H groups in total. The molecule has 264 valence electrons. The predicted molar refractivity (Wildman–Crippen MR) is 179 cm³/mol. The summed E-state index contributed by atoms with van der Waals surface area (Å²) in [5.41, 5.74) is 12.6. The number of rotatable bonds is 19. The number of nitrogens with two attached hydrogens (primary N) is 2. The van der Waals surface area contributed by atoms with E-state index in [0.29, 0.717) is 30.4 Å². The van der Waals surface area contributed by atoms with Gasteiger partial charge in [0, 0.05) is 12.8 Å². The second kappa shape index (κ2) is 19.4. The fraction of sp³-hybridized carbons (Fsp3) is 0.514. The molecule has 5 amide bonds. The van der Waals surface area contributed by atoms with Gasteiger partial charge in [0.1, 0.15) is 35.8 Å². The van der Waals surface area contributed by atoms with Gasteiger partial charge in [-0.15, -0.1) is 0 Å². The molecular weight excluding hydrogens is 622 g/mol. The Morgan fingerprint density at radius 2 is 0.979 bits per heavy atom. The van der Waals surface area contributed by atoms with Crippen molar-refractivity contribution in [2.45, 2.75) is 103 Å². The molecule has 5 atom stereocenters. The van der Waals surface area contributed by atoms with Crippen molar-refractivity contribution in [1.82, 2.24) is 21.3 Å². The standard InChI is InChI=1S/C35H50F2N6O5/c1-6-7-27(33(46)41-28(31(39)44)17-21(4)5)40-34(47)30(19-23-10-14-25(37)15-11-23)43-35(48)29(18-22-8-12-24(36)13-9-22)42-32(45)26(38)16-20(2)3/h8-15,20-21,26-30H,6-7,16-19,38H2,1-5H3,(H2,39,44)(H,40,47)(H,41,46)(H,42,45)(H,43,48)/t26-,27-,28-,29-,30-/m0/s1. The molecule has 48 heavy (non-hydrogen) atoms. The number of hydrogen-bond donors (Lipinski definition) is 6. The second-order valence-corrected chi connectivity index (χ2v) is 13.0. The molecule has 0 unspecified atom stereocenters. The third-order valence-electron chi connectivity index (χ3n) is 7.61. The normalized spacial score (nSPS) is 14.4. The van der Waals surface area contributed by atoms with Gasteiger partial charge >= 0.3 is 0 Å². The van der Waals surface area contributed by atoms with Crippen LogP contribution in [0.1, 0.15) is 71.4 Å². The van der Waals surface area contributed by atoms with Crippen molar-refractivity contribution in [2.75, 3.05) is 0 Å². The Hall–Kier alpha value is -4.39. The molecule has 0 fully saturated rings. The minimum Gasteiger partial charge on any atom is -0.368 e. The third-order valence-corrected chi connectivity index (χ3v) is 7.61. The second-order valence-electron chi connectivity index (χ2n) is 13.0. The molecule has 0 saturated carbocycles. The van der Waals surface area contributed by atoms with Gasteiger partial charge < -0.3 is 32.7 Å². The topological polar surface area (TPSA) is 186 Å². The first kappa shape index (κ1) is 39.8. The van der Waals surface area contributed by atoms with Crippen LogP contribution < -0.4 is 32.7 Å². The van der Waals surface area contributed by atoms with E-state index in [1.165, 1.54) is 48.5 Å². The zero-order chi connectivity index (χ0) is 36.0. The van der Waals surface area contributed by atoms with Crippen LogP contribution in [0.4, 0.5) is 8.78 Å². The fourth-order valence-corrected chi connectivity index (χ4v) is 5.12. The highest BCUT2D eigenvalue weighted by atomic mass is 19.1. The number of halogens is 2. The maximum Gasteiger partial charge on any atom is 0.243 e. The van der Waals surface area contributed by atoms with Crippen LogP contribution in [0.2, 0.25) is 0 Å². The van der Waals surface area contributed by atoms with Gasteiger partial charge in [-0.1, -0.05) is 65.3 Å². The molecule has 0 saturated heterocycles. The van der Waals surface area contributed by atoms with Gasteiger partial charge in [-0.2, -0.15) is 0 Å². The molecule has 2 aromatic carbocycles. The van der Waals surface area contributed by atoms with E-state index in [4.69, 9.17) is 11.5 Å². The van der Waals surface area contributed by atoms with E-state index in [1.54, 1.807) is 0 Å². The number of carbonyl (C=O) groups is 5. The summed E-state index contributed by atoms with van der Waals surface area (Å²) in [5, 5.41) is 10.7. The van der Waals surface area contributed by atoms with Crippen molar-refractivity contribution < 1.29 is 32.8 Å². The summed E-state index contributed by atoms with van der Waals surface area (Å²) in [5.74, 6) is -4.14. The van der Waals surface area contributed by atoms with E-state index in [2.05, 4.69) is 21.3 Å². The maximum absolute atomic E-state index is 13.8.